The van der Waals surface area contributed by atoms with E-state index in [1.54, 1.807) is 11.8 Å². The molecule has 136 valence electrons. The number of unbranched alkanes of at least 4 members (excludes halogenated alkanes) is 2. The van der Waals surface area contributed by atoms with E-state index in [4.69, 9.17) is 5.73 Å². The number of amides is 2. The van der Waals surface area contributed by atoms with E-state index in [2.05, 4.69) is 18.8 Å². The number of hydrogen-bond donors (Lipinski definition) is 1. The first-order valence-electron chi connectivity index (χ1n) is 9.39. The average molecular weight is 336 g/mol. The van der Waals surface area contributed by atoms with Gasteiger partial charge in [0, 0.05) is 26.1 Å². The third-order valence-corrected chi connectivity index (χ3v) is 5.36. The molecule has 2 aliphatic heterocycles. The van der Waals surface area contributed by atoms with E-state index in [-0.39, 0.29) is 17.9 Å². The van der Waals surface area contributed by atoms with Gasteiger partial charge in [0.2, 0.25) is 5.91 Å². The van der Waals surface area contributed by atoms with Gasteiger partial charge in [-0.1, -0.05) is 39.5 Å². The summed E-state index contributed by atoms with van der Waals surface area (Å²) in [5, 5.41) is 0. The minimum atomic E-state index is -0.645. The molecule has 0 unspecified atom stereocenters. The first-order chi connectivity index (χ1) is 11.4. The zero-order valence-corrected chi connectivity index (χ0v) is 15.4. The van der Waals surface area contributed by atoms with E-state index < -0.39 is 5.54 Å². The Morgan fingerprint density at radius 2 is 1.75 bits per heavy atom. The first kappa shape index (κ1) is 18.7. The fourth-order valence-corrected chi connectivity index (χ4v) is 3.83. The average Bonchev–Trinajstić information content (AvgIpc) is 2.82. The van der Waals surface area contributed by atoms with Crippen LogP contribution in [-0.2, 0) is 9.59 Å². The molecule has 2 heterocycles. The predicted molar refractivity (Wildman–Crippen MR) is 95.5 cm³/mol. The molecule has 2 rings (SSSR count). The van der Waals surface area contributed by atoms with Crippen LogP contribution in [0.5, 0.6) is 0 Å². The van der Waals surface area contributed by atoms with Gasteiger partial charge in [0.15, 0.2) is 5.96 Å². The van der Waals surface area contributed by atoms with Crippen LogP contribution >= 0.6 is 0 Å². The summed E-state index contributed by atoms with van der Waals surface area (Å²) in [5.41, 5.74) is 5.54. The molecule has 2 aliphatic rings. The number of likely N-dealkylation sites (tertiary alicyclic amines) is 1. The van der Waals surface area contributed by atoms with Crippen molar-refractivity contribution in [2.75, 3.05) is 13.1 Å². The second-order valence-corrected chi connectivity index (χ2v) is 7.12. The monoisotopic (exact) mass is 336 g/mol. The lowest BCUT2D eigenvalue weighted by atomic mass is 9.86. The number of piperidine rings is 1. The van der Waals surface area contributed by atoms with Crippen molar-refractivity contribution in [2.24, 2.45) is 10.7 Å². The fourth-order valence-electron chi connectivity index (χ4n) is 3.83. The molecule has 24 heavy (non-hydrogen) atoms. The summed E-state index contributed by atoms with van der Waals surface area (Å²) in [6, 6.07) is 0.0713. The van der Waals surface area contributed by atoms with Gasteiger partial charge >= 0.3 is 0 Å². The van der Waals surface area contributed by atoms with Crippen LogP contribution in [0.25, 0.3) is 0 Å². The molecule has 0 aromatic heterocycles. The highest BCUT2D eigenvalue weighted by Crippen LogP contribution is 2.35. The second-order valence-electron chi connectivity index (χ2n) is 7.12. The molecule has 0 aliphatic carbocycles. The molecule has 0 aromatic rings. The van der Waals surface area contributed by atoms with Crippen LogP contribution < -0.4 is 5.73 Å². The SMILES string of the molecule is CCCCC1(CCCC)N=C(N)N(C2CCN(C(C)=O)CC2)C1=O. The van der Waals surface area contributed by atoms with Crippen LogP contribution in [0, 0.1) is 0 Å². The van der Waals surface area contributed by atoms with Crippen molar-refractivity contribution in [3.05, 3.63) is 0 Å². The van der Waals surface area contributed by atoms with Crippen LogP contribution in [0.4, 0.5) is 0 Å². The number of rotatable bonds is 7. The third kappa shape index (κ3) is 3.73. The molecule has 1 fully saturated rings. The Morgan fingerprint density at radius 3 is 2.21 bits per heavy atom. The fraction of sp³-hybridized carbons (Fsp3) is 0.833. The lowest BCUT2D eigenvalue weighted by molar-refractivity contribution is -0.135. The van der Waals surface area contributed by atoms with Gasteiger partial charge in [-0.3, -0.25) is 14.5 Å². The van der Waals surface area contributed by atoms with Crippen molar-refractivity contribution in [1.82, 2.24) is 9.80 Å². The first-order valence-corrected chi connectivity index (χ1v) is 9.39. The molecule has 0 spiro atoms. The normalized spacial score (nSPS) is 21.3. The number of aliphatic imine (C=N–C) groups is 1. The smallest absolute Gasteiger partial charge is 0.257 e. The number of nitrogens with zero attached hydrogens (tertiary/aromatic N) is 3. The highest BCUT2D eigenvalue weighted by Gasteiger charge is 2.49. The van der Waals surface area contributed by atoms with E-state index in [0.717, 1.165) is 51.4 Å². The molecule has 0 bridgehead atoms. The Bertz CT molecular complexity index is 487. The quantitative estimate of drug-likeness (QED) is 0.774. The highest BCUT2D eigenvalue weighted by molar-refractivity contribution is 6.07. The zero-order chi connectivity index (χ0) is 17.7. The van der Waals surface area contributed by atoms with Gasteiger partial charge in [-0.05, 0) is 25.7 Å². The Labute approximate surface area is 145 Å². The summed E-state index contributed by atoms with van der Waals surface area (Å²) in [6.45, 7) is 7.24. The lowest BCUT2D eigenvalue weighted by Crippen LogP contribution is -2.53. The van der Waals surface area contributed by atoms with E-state index in [9.17, 15) is 9.59 Å². The molecule has 6 nitrogen and oxygen atoms in total. The predicted octanol–water partition coefficient (Wildman–Crippen LogP) is 2.27. The van der Waals surface area contributed by atoms with Gasteiger partial charge in [0.1, 0.15) is 5.54 Å². The Morgan fingerprint density at radius 1 is 1.21 bits per heavy atom. The van der Waals surface area contributed by atoms with Crippen LogP contribution in [-0.4, -0.2) is 52.2 Å². The van der Waals surface area contributed by atoms with E-state index in [0.29, 0.717) is 19.0 Å². The number of nitrogens with two attached hydrogens (primary N) is 1. The minimum absolute atomic E-state index is 0.0713. The van der Waals surface area contributed by atoms with Crippen LogP contribution in [0.1, 0.15) is 72.1 Å². The topological polar surface area (TPSA) is 79.0 Å². The number of carbonyl (C=O) groups excluding carboxylic acids is 2. The van der Waals surface area contributed by atoms with Gasteiger partial charge in [-0.2, -0.15) is 0 Å². The van der Waals surface area contributed by atoms with E-state index in [1.807, 2.05) is 4.90 Å². The maximum atomic E-state index is 13.2. The van der Waals surface area contributed by atoms with Crippen molar-refractivity contribution >= 4 is 17.8 Å². The van der Waals surface area contributed by atoms with Gasteiger partial charge < -0.3 is 10.6 Å². The minimum Gasteiger partial charge on any atom is -0.369 e. The van der Waals surface area contributed by atoms with E-state index >= 15 is 0 Å². The molecular formula is C18H32N4O2. The van der Waals surface area contributed by atoms with Crippen molar-refractivity contribution in [3.63, 3.8) is 0 Å². The molecule has 1 saturated heterocycles. The summed E-state index contributed by atoms with van der Waals surface area (Å²) in [6.07, 6.45) is 7.20. The number of guanidine groups is 1. The molecule has 0 radical (unpaired) electrons. The Kier molecular flexibility index (Phi) is 6.24. The van der Waals surface area contributed by atoms with Crippen molar-refractivity contribution in [2.45, 2.75) is 83.7 Å². The molecular weight excluding hydrogens is 304 g/mol. The summed E-state index contributed by atoms with van der Waals surface area (Å²) in [7, 11) is 0. The summed E-state index contributed by atoms with van der Waals surface area (Å²) < 4.78 is 0. The van der Waals surface area contributed by atoms with Gasteiger partial charge in [0.25, 0.3) is 5.91 Å². The van der Waals surface area contributed by atoms with Crippen LogP contribution in [0.15, 0.2) is 4.99 Å². The van der Waals surface area contributed by atoms with Gasteiger partial charge in [-0.25, -0.2) is 4.99 Å². The number of hydrogen-bond acceptors (Lipinski definition) is 4. The van der Waals surface area contributed by atoms with Crippen LogP contribution in [0.3, 0.4) is 0 Å². The van der Waals surface area contributed by atoms with Crippen molar-refractivity contribution in [3.8, 4) is 0 Å². The molecule has 0 atom stereocenters. The zero-order valence-electron chi connectivity index (χ0n) is 15.4. The number of carbonyl (C=O) groups is 2. The maximum Gasteiger partial charge on any atom is 0.257 e. The Hall–Kier alpha value is -1.59. The molecule has 2 N–H and O–H groups in total. The molecule has 6 heteroatoms. The van der Waals surface area contributed by atoms with Crippen LogP contribution in [0.2, 0.25) is 0 Å². The Balaban J connectivity index is 2.11. The van der Waals surface area contributed by atoms with E-state index in [1.165, 1.54) is 0 Å². The van der Waals surface area contributed by atoms with Gasteiger partial charge in [-0.15, -0.1) is 0 Å². The summed E-state index contributed by atoms with van der Waals surface area (Å²) in [4.78, 5) is 33.0. The van der Waals surface area contributed by atoms with Crippen molar-refractivity contribution < 1.29 is 9.59 Å². The molecule has 0 aromatic carbocycles. The molecule has 2 amide bonds. The second kappa shape index (κ2) is 7.99. The molecule has 0 saturated carbocycles. The summed E-state index contributed by atoms with van der Waals surface area (Å²) in [5.74, 6) is 0.569. The standard InChI is InChI=1S/C18H32N4O2/c1-4-6-10-18(11-7-5-2)16(24)22(17(19)20-18)15-8-12-21(13-9-15)14(3)23/h15H,4-13H2,1-3H3,(H2,19,20). The summed E-state index contributed by atoms with van der Waals surface area (Å²) >= 11 is 0. The highest BCUT2D eigenvalue weighted by atomic mass is 16.2. The maximum absolute atomic E-state index is 13.2. The van der Waals surface area contributed by atoms with Crippen molar-refractivity contribution in [1.29, 1.82) is 0 Å². The largest absolute Gasteiger partial charge is 0.369 e. The lowest BCUT2D eigenvalue weighted by Gasteiger charge is -2.37. The third-order valence-electron chi connectivity index (χ3n) is 5.36. The van der Waals surface area contributed by atoms with Gasteiger partial charge in [0.05, 0.1) is 0 Å².